The number of pyridine rings is 2. The fourth-order valence-corrected chi connectivity index (χ4v) is 2.94. The van der Waals surface area contributed by atoms with Crippen molar-refractivity contribution in [2.24, 2.45) is 0 Å². The lowest BCUT2D eigenvalue weighted by molar-refractivity contribution is -0.0885. The summed E-state index contributed by atoms with van der Waals surface area (Å²) in [4.78, 5) is 30.3. The van der Waals surface area contributed by atoms with Crippen LogP contribution in [0.15, 0.2) is 69.2 Å². The third-order valence-electron chi connectivity index (χ3n) is 4.01. The summed E-state index contributed by atoms with van der Waals surface area (Å²) in [5, 5.41) is 2.49. The highest BCUT2D eigenvalue weighted by Crippen LogP contribution is 2.32. The van der Waals surface area contributed by atoms with Crippen LogP contribution >= 0.6 is 15.9 Å². The van der Waals surface area contributed by atoms with Gasteiger partial charge < -0.3 is 10.3 Å². The molecule has 2 N–H and O–H groups in total. The molecule has 29 heavy (non-hydrogen) atoms. The molecule has 0 saturated heterocycles. The number of carbonyl (C=O) groups excluding carboxylic acids is 1. The highest BCUT2D eigenvalue weighted by molar-refractivity contribution is 9.10. The third kappa shape index (κ3) is 4.70. The number of alkyl halides is 3. The molecule has 0 aliphatic heterocycles. The van der Waals surface area contributed by atoms with Crippen LogP contribution in [0, 0.1) is 5.82 Å². The zero-order valence-corrected chi connectivity index (χ0v) is 16.1. The summed E-state index contributed by atoms with van der Waals surface area (Å²) in [6, 6.07) is 3.74. The van der Waals surface area contributed by atoms with E-state index in [1.54, 1.807) is 0 Å². The average Bonchev–Trinajstić information content (AvgIpc) is 2.68. The van der Waals surface area contributed by atoms with Gasteiger partial charge in [-0.3, -0.25) is 14.6 Å². The summed E-state index contributed by atoms with van der Waals surface area (Å²) in [7, 11) is 0. The van der Waals surface area contributed by atoms with Crippen molar-refractivity contribution in [2.75, 3.05) is 0 Å². The van der Waals surface area contributed by atoms with E-state index in [4.69, 9.17) is 0 Å². The van der Waals surface area contributed by atoms with Crippen LogP contribution < -0.4 is 10.9 Å². The normalized spacial score (nSPS) is 15.7. The Labute approximate surface area is 170 Å². The molecular weight excluding hydrogens is 458 g/mol. The Morgan fingerprint density at radius 3 is 2.62 bits per heavy atom. The molecule has 1 aliphatic carbocycles. The quantitative estimate of drug-likeness (QED) is 0.659. The molecule has 0 radical (unpaired) electrons. The molecule has 1 amide bonds. The van der Waals surface area contributed by atoms with Gasteiger partial charge in [-0.05, 0) is 52.2 Å². The number of H-pyrrole nitrogens is 1. The molecule has 0 atom stereocenters. The number of rotatable bonds is 3. The lowest BCUT2D eigenvalue weighted by atomic mass is 9.98. The highest BCUT2D eigenvalue weighted by Gasteiger charge is 2.33. The molecule has 1 aliphatic rings. The van der Waals surface area contributed by atoms with Gasteiger partial charge in [-0.25, -0.2) is 4.39 Å². The van der Waals surface area contributed by atoms with Gasteiger partial charge in [0.15, 0.2) is 5.82 Å². The number of allylic oxidation sites excluding steroid dienone is 5. The fraction of sp³-hybridized carbons (Fsp3) is 0.105. The molecule has 150 valence electrons. The van der Waals surface area contributed by atoms with Gasteiger partial charge in [0.05, 0.1) is 21.3 Å². The number of halogens is 5. The molecule has 2 aromatic rings. The summed E-state index contributed by atoms with van der Waals surface area (Å²) >= 11 is 3.01. The average molecular weight is 470 g/mol. The number of aromatic amines is 1. The summed E-state index contributed by atoms with van der Waals surface area (Å²) in [5.41, 5.74) is -1.27. The van der Waals surface area contributed by atoms with E-state index in [-0.39, 0.29) is 33.4 Å². The van der Waals surface area contributed by atoms with Crippen LogP contribution in [0.3, 0.4) is 0 Å². The van der Waals surface area contributed by atoms with E-state index >= 15 is 0 Å². The molecule has 2 heterocycles. The number of hydrogen-bond acceptors (Lipinski definition) is 3. The third-order valence-corrected chi connectivity index (χ3v) is 4.60. The molecule has 2 aromatic heterocycles. The zero-order valence-electron chi connectivity index (χ0n) is 14.5. The lowest BCUT2D eigenvalue weighted by Crippen LogP contribution is -2.25. The Bertz CT molecular complexity index is 1120. The van der Waals surface area contributed by atoms with Crippen molar-refractivity contribution < 1.29 is 22.4 Å². The molecule has 0 unspecified atom stereocenters. The van der Waals surface area contributed by atoms with E-state index in [9.17, 15) is 27.2 Å². The van der Waals surface area contributed by atoms with Gasteiger partial charge in [-0.1, -0.05) is 12.2 Å². The minimum atomic E-state index is -4.51. The monoisotopic (exact) mass is 469 g/mol. The first-order valence-corrected chi connectivity index (χ1v) is 8.95. The van der Waals surface area contributed by atoms with E-state index in [0.29, 0.717) is 0 Å². The molecule has 0 saturated carbocycles. The van der Waals surface area contributed by atoms with Crippen molar-refractivity contribution in [3.8, 4) is 0 Å². The second-order valence-electron chi connectivity index (χ2n) is 5.95. The molecule has 0 aromatic carbocycles. The zero-order chi connectivity index (χ0) is 21.2. The van der Waals surface area contributed by atoms with Crippen molar-refractivity contribution >= 4 is 27.5 Å². The molecular formula is C19H12BrF4N3O2. The van der Waals surface area contributed by atoms with Gasteiger partial charge in [0.25, 0.3) is 11.5 Å². The Morgan fingerprint density at radius 2 is 2.03 bits per heavy atom. The predicted molar refractivity (Wildman–Crippen MR) is 101 cm³/mol. The summed E-state index contributed by atoms with van der Waals surface area (Å²) in [6.45, 7) is 0. The van der Waals surface area contributed by atoms with Crippen molar-refractivity contribution in [3.05, 3.63) is 91.9 Å². The predicted octanol–water partition coefficient (Wildman–Crippen LogP) is 4.26. The smallest absolute Gasteiger partial charge is 0.327 e. The van der Waals surface area contributed by atoms with E-state index in [2.05, 4.69) is 31.2 Å². The first kappa shape index (κ1) is 20.7. The van der Waals surface area contributed by atoms with Crippen LogP contribution in [-0.4, -0.2) is 22.1 Å². The van der Waals surface area contributed by atoms with Gasteiger partial charge in [0, 0.05) is 12.4 Å². The Hall–Kier alpha value is -3.01. The molecule has 10 heteroatoms. The van der Waals surface area contributed by atoms with E-state index in [0.717, 1.165) is 30.5 Å². The minimum Gasteiger partial charge on any atom is -0.327 e. The number of amides is 1. The SMILES string of the molecule is O=C(N/C(=C1\C=CC(C(F)(F)F)=CC1)c1ncccc1F)c1c[nH]c(=O)c(Br)c1. The molecule has 0 fully saturated rings. The van der Waals surface area contributed by atoms with Crippen LogP contribution in [0.4, 0.5) is 17.6 Å². The second kappa shape index (κ2) is 8.16. The fourth-order valence-electron chi connectivity index (χ4n) is 2.58. The van der Waals surface area contributed by atoms with E-state index < -0.39 is 29.0 Å². The summed E-state index contributed by atoms with van der Waals surface area (Å²) in [5.74, 6) is -1.45. The maximum absolute atomic E-state index is 14.3. The van der Waals surface area contributed by atoms with Crippen LogP contribution in [-0.2, 0) is 0 Å². The van der Waals surface area contributed by atoms with Gasteiger partial charge in [-0.15, -0.1) is 0 Å². The molecule has 0 spiro atoms. The van der Waals surface area contributed by atoms with Gasteiger partial charge in [0.2, 0.25) is 0 Å². The summed E-state index contributed by atoms with van der Waals surface area (Å²) in [6.07, 6.45) is 0.718. The standard InChI is InChI=1S/C19H12BrF4N3O2/c20-13-8-11(9-26-18(13)29)17(28)27-15(16-14(21)2-1-7-25-16)10-3-5-12(6-4-10)19(22,23)24/h1-3,5-9H,4H2,(H,26,29)(H,27,28)/b15-10+. The number of carbonyl (C=O) groups is 1. The van der Waals surface area contributed by atoms with Crippen LogP contribution in [0.1, 0.15) is 22.5 Å². The maximum Gasteiger partial charge on any atom is 0.416 e. The maximum atomic E-state index is 14.3. The topological polar surface area (TPSA) is 74.8 Å². The van der Waals surface area contributed by atoms with Crippen LogP contribution in [0.25, 0.3) is 5.70 Å². The molecule has 0 bridgehead atoms. The van der Waals surface area contributed by atoms with Crippen molar-refractivity contribution in [2.45, 2.75) is 12.6 Å². The minimum absolute atomic E-state index is 0.0530. The number of nitrogens with zero attached hydrogens (tertiary/aromatic N) is 1. The Morgan fingerprint density at radius 1 is 1.28 bits per heavy atom. The van der Waals surface area contributed by atoms with Gasteiger partial charge >= 0.3 is 6.18 Å². The molecule has 3 rings (SSSR count). The number of nitrogens with one attached hydrogen (secondary N) is 2. The van der Waals surface area contributed by atoms with E-state index in [1.807, 2.05) is 0 Å². The van der Waals surface area contributed by atoms with Crippen LogP contribution in [0.5, 0.6) is 0 Å². The lowest BCUT2D eigenvalue weighted by Gasteiger charge is -2.17. The molecule has 5 nitrogen and oxygen atoms in total. The van der Waals surface area contributed by atoms with Crippen molar-refractivity contribution in [1.82, 2.24) is 15.3 Å². The number of hydrogen-bond donors (Lipinski definition) is 2. The first-order valence-electron chi connectivity index (χ1n) is 8.16. The Kier molecular flexibility index (Phi) is 5.83. The number of aromatic nitrogens is 2. The van der Waals surface area contributed by atoms with E-state index in [1.165, 1.54) is 18.3 Å². The van der Waals surface area contributed by atoms with Crippen molar-refractivity contribution in [1.29, 1.82) is 0 Å². The Balaban J connectivity index is 2.01. The van der Waals surface area contributed by atoms with Gasteiger partial charge in [0.1, 0.15) is 5.69 Å². The van der Waals surface area contributed by atoms with Crippen molar-refractivity contribution in [3.63, 3.8) is 0 Å². The second-order valence-corrected chi connectivity index (χ2v) is 6.80. The highest BCUT2D eigenvalue weighted by atomic mass is 79.9. The first-order chi connectivity index (χ1) is 13.7. The van der Waals surface area contributed by atoms with Crippen LogP contribution in [0.2, 0.25) is 0 Å². The largest absolute Gasteiger partial charge is 0.416 e. The van der Waals surface area contributed by atoms with Gasteiger partial charge in [-0.2, -0.15) is 13.2 Å². The summed E-state index contributed by atoms with van der Waals surface area (Å²) < 4.78 is 53.0.